The first-order valence-corrected chi connectivity index (χ1v) is 5.47. The van der Waals surface area contributed by atoms with E-state index < -0.39 is 0 Å². The van der Waals surface area contributed by atoms with E-state index in [2.05, 4.69) is 15.4 Å². The largest absolute Gasteiger partial charge is 0.380 e. The molecule has 7 nitrogen and oxygen atoms in total. The summed E-state index contributed by atoms with van der Waals surface area (Å²) in [5, 5.41) is 0. The molecule has 1 saturated heterocycles. The van der Waals surface area contributed by atoms with Crippen LogP contribution in [0.4, 0.5) is 5.82 Å². The van der Waals surface area contributed by atoms with Gasteiger partial charge in [-0.15, -0.1) is 0 Å². The number of aromatic nitrogens is 2. The van der Waals surface area contributed by atoms with Crippen LogP contribution in [0.3, 0.4) is 0 Å². The van der Waals surface area contributed by atoms with Crippen molar-refractivity contribution in [3.05, 3.63) is 18.1 Å². The minimum atomic E-state index is -0.119. The summed E-state index contributed by atoms with van der Waals surface area (Å²) in [6, 6.07) is 0. The average Bonchev–Trinajstić information content (AvgIpc) is 2.67. The minimum Gasteiger partial charge on any atom is -0.380 e. The van der Waals surface area contributed by atoms with Crippen molar-refractivity contribution < 1.29 is 9.53 Å². The van der Waals surface area contributed by atoms with Gasteiger partial charge in [-0.25, -0.2) is 15.8 Å². The molecule has 0 radical (unpaired) electrons. The quantitative estimate of drug-likeness (QED) is 0.538. The SMILES string of the molecule is NNc1cnc(C(=O)N2CCCOCC2)cn1. The van der Waals surface area contributed by atoms with Crippen LogP contribution in [0.25, 0.3) is 0 Å². The summed E-state index contributed by atoms with van der Waals surface area (Å²) < 4.78 is 5.29. The lowest BCUT2D eigenvalue weighted by molar-refractivity contribution is 0.0735. The third-order valence-corrected chi connectivity index (χ3v) is 2.53. The number of nitrogens with zero attached hydrogens (tertiary/aromatic N) is 3. The van der Waals surface area contributed by atoms with Gasteiger partial charge in [0, 0.05) is 19.7 Å². The Bertz CT molecular complexity index is 373. The summed E-state index contributed by atoms with van der Waals surface area (Å²) in [7, 11) is 0. The number of hydrogen-bond donors (Lipinski definition) is 2. The van der Waals surface area contributed by atoms with Gasteiger partial charge in [-0.2, -0.15) is 0 Å². The highest BCUT2D eigenvalue weighted by atomic mass is 16.5. The molecule has 0 unspecified atom stereocenters. The monoisotopic (exact) mass is 237 g/mol. The number of nitrogens with one attached hydrogen (secondary N) is 1. The van der Waals surface area contributed by atoms with E-state index in [1.165, 1.54) is 12.4 Å². The van der Waals surface area contributed by atoms with Gasteiger partial charge in [0.05, 0.1) is 19.0 Å². The minimum absolute atomic E-state index is 0.119. The molecule has 92 valence electrons. The summed E-state index contributed by atoms with van der Waals surface area (Å²) in [4.78, 5) is 21.8. The summed E-state index contributed by atoms with van der Waals surface area (Å²) >= 11 is 0. The lowest BCUT2D eigenvalue weighted by Crippen LogP contribution is -2.33. The Labute approximate surface area is 98.9 Å². The highest BCUT2D eigenvalue weighted by Crippen LogP contribution is 2.06. The van der Waals surface area contributed by atoms with Gasteiger partial charge >= 0.3 is 0 Å². The van der Waals surface area contributed by atoms with Crippen LogP contribution in [-0.4, -0.2) is 47.1 Å². The highest BCUT2D eigenvalue weighted by Gasteiger charge is 2.18. The molecule has 1 aromatic heterocycles. The maximum atomic E-state index is 12.1. The molecule has 3 N–H and O–H groups in total. The molecule has 7 heteroatoms. The van der Waals surface area contributed by atoms with E-state index in [9.17, 15) is 4.79 Å². The van der Waals surface area contributed by atoms with Crippen LogP contribution in [0, 0.1) is 0 Å². The molecule has 1 aliphatic heterocycles. The fraction of sp³-hybridized carbons (Fsp3) is 0.500. The standard InChI is InChI=1S/C10H15N5O2/c11-14-9-7-12-8(6-13-9)10(16)15-2-1-4-17-5-3-15/h6-7H,1-5,11H2,(H,13,14). The number of rotatable bonds is 2. The van der Waals surface area contributed by atoms with Crippen LogP contribution < -0.4 is 11.3 Å². The maximum absolute atomic E-state index is 12.1. The molecule has 0 aromatic carbocycles. The lowest BCUT2D eigenvalue weighted by Gasteiger charge is -2.18. The Hall–Kier alpha value is -1.73. The first-order valence-electron chi connectivity index (χ1n) is 5.47. The lowest BCUT2D eigenvalue weighted by atomic mass is 10.3. The number of carbonyl (C=O) groups excluding carboxylic acids is 1. The van der Waals surface area contributed by atoms with E-state index in [1.54, 1.807) is 4.90 Å². The summed E-state index contributed by atoms with van der Waals surface area (Å²) in [6.07, 6.45) is 3.70. The van der Waals surface area contributed by atoms with Crippen molar-refractivity contribution in [1.82, 2.24) is 14.9 Å². The van der Waals surface area contributed by atoms with Gasteiger partial charge in [0.1, 0.15) is 5.69 Å². The van der Waals surface area contributed by atoms with Crippen molar-refractivity contribution in [2.45, 2.75) is 6.42 Å². The van der Waals surface area contributed by atoms with E-state index in [-0.39, 0.29) is 5.91 Å². The predicted molar refractivity (Wildman–Crippen MR) is 61.2 cm³/mol. The van der Waals surface area contributed by atoms with E-state index >= 15 is 0 Å². The molecule has 0 bridgehead atoms. The van der Waals surface area contributed by atoms with Gasteiger partial charge < -0.3 is 15.1 Å². The van der Waals surface area contributed by atoms with Gasteiger partial charge in [0.15, 0.2) is 5.82 Å². The van der Waals surface area contributed by atoms with Gasteiger partial charge in [-0.1, -0.05) is 0 Å². The van der Waals surface area contributed by atoms with E-state index in [4.69, 9.17) is 10.6 Å². The van der Waals surface area contributed by atoms with Crippen molar-refractivity contribution in [1.29, 1.82) is 0 Å². The van der Waals surface area contributed by atoms with Crippen LogP contribution in [0.2, 0.25) is 0 Å². The Balaban J connectivity index is 2.06. The second-order valence-electron chi connectivity index (χ2n) is 3.69. The summed E-state index contributed by atoms with van der Waals surface area (Å²) in [5.74, 6) is 5.49. The van der Waals surface area contributed by atoms with Crippen LogP contribution >= 0.6 is 0 Å². The zero-order chi connectivity index (χ0) is 12.1. The zero-order valence-corrected chi connectivity index (χ0v) is 9.43. The molecular weight excluding hydrogens is 222 g/mol. The van der Waals surface area contributed by atoms with E-state index in [0.29, 0.717) is 37.8 Å². The smallest absolute Gasteiger partial charge is 0.274 e. The molecule has 0 aliphatic carbocycles. The molecule has 1 aliphatic rings. The van der Waals surface area contributed by atoms with Gasteiger partial charge in [-0.05, 0) is 6.42 Å². The normalized spacial score (nSPS) is 16.4. The Morgan fingerprint density at radius 3 is 2.94 bits per heavy atom. The third kappa shape index (κ3) is 2.89. The Kier molecular flexibility index (Phi) is 3.84. The molecule has 0 saturated carbocycles. The van der Waals surface area contributed by atoms with Crippen LogP contribution in [0.1, 0.15) is 16.9 Å². The number of carbonyl (C=O) groups is 1. The van der Waals surface area contributed by atoms with Crippen LogP contribution in [0.5, 0.6) is 0 Å². The molecule has 2 rings (SSSR count). The topological polar surface area (TPSA) is 93.4 Å². The third-order valence-electron chi connectivity index (χ3n) is 2.53. The maximum Gasteiger partial charge on any atom is 0.274 e. The van der Waals surface area contributed by atoms with Crippen molar-refractivity contribution in [3.8, 4) is 0 Å². The first-order chi connectivity index (χ1) is 8.31. The number of hydrazine groups is 1. The molecular formula is C10H15N5O2. The molecule has 1 amide bonds. The van der Waals surface area contributed by atoms with Gasteiger partial charge in [-0.3, -0.25) is 4.79 Å². The Morgan fingerprint density at radius 1 is 1.35 bits per heavy atom. The van der Waals surface area contributed by atoms with Crippen molar-refractivity contribution in [2.75, 3.05) is 31.7 Å². The van der Waals surface area contributed by atoms with E-state index in [0.717, 1.165) is 6.42 Å². The summed E-state index contributed by atoms with van der Waals surface area (Å²) in [6.45, 7) is 2.56. The second-order valence-corrected chi connectivity index (χ2v) is 3.69. The number of nitrogen functional groups attached to an aromatic ring is 1. The van der Waals surface area contributed by atoms with Crippen molar-refractivity contribution in [2.24, 2.45) is 5.84 Å². The van der Waals surface area contributed by atoms with Crippen molar-refractivity contribution >= 4 is 11.7 Å². The molecule has 1 fully saturated rings. The Morgan fingerprint density at radius 2 is 2.24 bits per heavy atom. The average molecular weight is 237 g/mol. The molecule has 1 aromatic rings. The number of amides is 1. The zero-order valence-electron chi connectivity index (χ0n) is 9.43. The molecule has 0 spiro atoms. The molecule has 2 heterocycles. The fourth-order valence-electron chi connectivity index (χ4n) is 1.62. The number of anilines is 1. The van der Waals surface area contributed by atoms with Gasteiger partial charge in [0.25, 0.3) is 5.91 Å². The number of ether oxygens (including phenoxy) is 1. The van der Waals surface area contributed by atoms with Crippen molar-refractivity contribution in [3.63, 3.8) is 0 Å². The number of hydrogen-bond acceptors (Lipinski definition) is 6. The van der Waals surface area contributed by atoms with E-state index in [1.807, 2.05) is 0 Å². The second kappa shape index (κ2) is 5.55. The first kappa shape index (κ1) is 11.7. The highest BCUT2D eigenvalue weighted by molar-refractivity contribution is 5.92. The molecule has 17 heavy (non-hydrogen) atoms. The van der Waals surface area contributed by atoms with Gasteiger partial charge in [0.2, 0.25) is 0 Å². The number of nitrogens with two attached hydrogens (primary N) is 1. The fourth-order valence-corrected chi connectivity index (χ4v) is 1.62. The van der Waals surface area contributed by atoms with Crippen LogP contribution in [0.15, 0.2) is 12.4 Å². The van der Waals surface area contributed by atoms with Crippen LogP contribution in [-0.2, 0) is 4.74 Å². The predicted octanol–water partition coefficient (Wildman–Crippen LogP) is -0.375. The molecule has 0 atom stereocenters. The summed E-state index contributed by atoms with van der Waals surface area (Å²) in [5.41, 5.74) is 2.69.